The third kappa shape index (κ3) is 5.15. The number of hydrogen-bond acceptors (Lipinski definition) is 6. The molecule has 0 unspecified atom stereocenters. The Kier molecular flexibility index (Phi) is 7.03. The number of benzene rings is 3. The van der Waals surface area contributed by atoms with E-state index in [4.69, 9.17) is 14.2 Å². The zero-order valence-corrected chi connectivity index (χ0v) is 18.9. The predicted molar refractivity (Wildman–Crippen MR) is 128 cm³/mol. The molecule has 0 atom stereocenters. The molecule has 0 fully saturated rings. The van der Waals surface area contributed by atoms with E-state index in [1.165, 1.54) is 0 Å². The van der Waals surface area contributed by atoms with Crippen LogP contribution in [0.2, 0.25) is 0 Å². The van der Waals surface area contributed by atoms with Crippen LogP contribution in [-0.2, 0) is 9.53 Å². The molecular formula is C27H24N2O5. The molecule has 1 N–H and O–H groups in total. The van der Waals surface area contributed by atoms with Crippen LogP contribution in [0.3, 0.4) is 0 Å². The molecule has 4 rings (SSSR count). The summed E-state index contributed by atoms with van der Waals surface area (Å²) in [4.78, 5) is 29.7. The lowest BCUT2D eigenvalue weighted by atomic mass is 9.98. The normalized spacial score (nSPS) is 10.7. The number of rotatable bonds is 8. The quantitative estimate of drug-likeness (QED) is 0.398. The summed E-state index contributed by atoms with van der Waals surface area (Å²) in [5, 5.41) is 3.63. The molecular weight excluding hydrogens is 432 g/mol. The molecule has 7 nitrogen and oxygen atoms in total. The largest absolute Gasteiger partial charge is 0.497 e. The van der Waals surface area contributed by atoms with Gasteiger partial charge in [-0.05, 0) is 53.6 Å². The predicted octanol–water partition coefficient (Wildman–Crippen LogP) is 4.31. The monoisotopic (exact) mass is 456 g/mol. The maximum absolute atomic E-state index is 12.8. The molecule has 1 amide bonds. The SMILES string of the molecule is COc1ccc(C(NC(=O)COC(=O)c2cccc3ncccc23)c2ccc(OC)cc2)cc1. The van der Waals surface area contributed by atoms with E-state index in [-0.39, 0.29) is 0 Å². The van der Waals surface area contributed by atoms with E-state index >= 15 is 0 Å². The van der Waals surface area contributed by atoms with E-state index < -0.39 is 24.5 Å². The zero-order chi connectivity index (χ0) is 23.9. The molecule has 172 valence electrons. The molecule has 0 radical (unpaired) electrons. The highest BCUT2D eigenvalue weighted by atomic mass is 16.5. The molecule has 34 heavy (non-hydrogen) atoms. The molecule has 0 saturated heterocycles. The fraction of sp³-hybridized carbons (Fsp3) is 0.148. The Hall–Kier alpha value is -4.39. The van der Waals surface area contributed by atoms with Gasteiger partial charge in [0.2, 0.25) is 0 Å². The maximum Gasteiger partial charge on any atom is 0.339 e. The van der Waals surface area contributed by atoms with Crippen LogP contribution in [-0.4, -0.2) is 37.7 Å². The molecule has 1 heterocycles. The van der Waals surface area contributed by atoms with Gasteiger partial charge in [-0.3, -0.25) is 9.78 Å². The Labute approximate surface area is 197 Å². The van der Waals surface area contributed by atoms with E-state index in [2.05, 4.69) is 10.3 Å². The van der Waals surface area contributed by atoms with Gasteiger partial charge >= 0.3 is 5.97 Å². The van der Waals surface area contributed by atoms with E-state index in [9.17, 15) is 9.59 Å². The fourth-order valence-corrected chi connectivity index (χ4v) is 3.64. The van der Waals surface area contributed by atoms with E-state index in [1.54, 1.807) is 44.7 Å². The van der Waals surface area contributed by atoms with Crippen LogP contribution in [0.25, 0.3) is 10.9 Å². The van der Waals surface area contributed by atoms with Crippen LogP contribution in [0.1, 0.15) is 27.5 Å². The van der Waals surface area contributed by atoms with Crippen molar-refractivity contribution in [3.8, 4) is 11.5 Å². The van der Waals surface area contributed by atoms with Gasteiger partial charge in [0, 0.05) is 11.6 Å². The highest BCUT2D eigenvalue weighted by Crippen LogP contribution is 2.26. The van der Waals surface area contributed by atoms with Gasteiger partial charge in [0.05, 0.1) is 31.3 Å². The summed E-state index contributed by atoms with van der Waals surface area (Å²) < 4.78 is 15.8. The van der Waals surface area contributed by atoms with Gasteiger partial charge in [0.1, 0.15) is 11.5 Å². The van der Waals surface area contributed by atoms with Gasteiger partial charge in [0.15, 0.2) is 6.61 Å². The lowest BCUT2D eigenvalue weighted by Crippen LogP contribution is -2.33. The lowest BCUT2D eigenvalue weighted by Gasteiger charge is -2.20. The number of aromatic nitrogens is 1. The van der Waals surface area contributed by atoms with Crippen LogP contribution in [0.15, 0.2) is 85.1 Å². The summed E-state index contributed by atoms with van der Waals surface area (Å²) in [6, 6.07) is 23.1. The number of fused-ring (bicyclic) bond motifs is 1. The lowest BCUT2D eigenvalue weighted by molar-refractivity contribution is -0.124. The highest BCUT2D eigenvalue weighted by molar-refractivity contribution is 6.03. The van der Waals surface area contributed by atoms with Crippen molar-refractivity contribution in [2.75, 3.05) is 20.8 Å². The molecule has 0 aliphatic carbocycles. The highest BCUT2D eigenvalue weighted by Gasteiger charge is 2.19. The van der Waals surface area contributed by atoms with Crippen LogP contribution >= 0.6 is 0 Å². The number of nitrogens with one attached hydrogen (secondary N) is 1. The van der Waals surface area contributed by atoms with Gasteiger partial charge in [-0.2, -0.15) is 0 Å². The Morgan fingerprint density at radius 1 is 0.824 bits per heavy atom. The van der Waals surface area contributed by atoms with Gasteiger partial charge in [0.25, 0.3) is 5.91 Å². The first-order valence-corrected chi connectivity index (χ1v) is 10.7. The summed E-state index contributed by atoms with van der Waals surface area (Å²) >= 11 is 0. The summed E-state index contributed by atoms with van der Waals surface area (Å²) in [5.41, 5.74) is 2.75. The summed E-state index contributed by atoms with van der Waals surface area (Å²) in [6.45, 7) is -0.418. The molecule has 4 aromatic rings. The van der Waals surface area contributed by atoms with E-state index in [0.717, 1.165) is 11.1 Å². The van der Waals surface area contributed by atoms with Crippen LogP contribution in [0, 0.1) is 0 Å². The number of nitrogens with zero attached hydrogens (tertiary/aromatic N) is 1. The summed E-state index contributed by atoms with van der Waals surface area (Å²) in [5.74, 6) is 0.409. The second-order valence-corrected chi connectivity index (χ2v) is 7.50. The minimum Gasteiger partial charge on any atom is -0.497 e. The molecule has 0 bridgehead atoms. The van der Waals surface area contributed by atoms with Crippen molar-refractivity contribution in [3.05, 3.63) is 102 Å². The average Bonchev–Trinajstić information content (AvgIpc) is 2.90. The number of esters is 1. The van der Waals surface area contributed by atoms with Gasteiger partial charge < -0.3 is 19.5 Å². The Balaban J connectivity index is 1.50. The number of amides is 1. The smallest absolute Gasteiger partial charge is 0.339 e. The van der Waals surface area contributed by atoms with Crippen molar-refractivity contribution >= 4 is 22.8 Å². The minimum absolute atomic E-state index is 0.361. The van der Waals surface area contributed by atoms with E-state index in [0.29, 0.717) is 28.0 Å². The van der Waals surface area contributed by atoms with Crippen molar-refractivity contribution in [1.29, 1.82) is 0 Å². The van der Waals surface area contributed by atoms with Crippen LogP contribution in [0.4, 0.5) is 0 Å². The van der Waals surface area contributed by atoms with Gasteiger partial charge in [-0.25, -0.2) is 4.79 Å². The van der Waals surface area contributed by atoms with Gasteiger partial charge in [-0.15, -0.1) is 0 Å². The first-order valence-electron chi connectivity index (χ1n) is 10.7. The van der Waals surface area contributed by atoms with E-state index in [1.807, 2.05) is 54.6 Å². The molecule has 0 saturated carbocycles. The molecule has 3 aromatic carbocycles. The number of pyridine rings is 1. The number of methoxy groups -OCH3 is 2. The molecule has 1 aromatic heterocycles. The minimum atomic E-state index is -0.584. The summed E-state index contributed by atoms with van der Waals surface area (Å²) in [6.07, 6.45) is 1.66. The van der Waals surface area contributed by atoms with Crippen molar-refractivity contribution < 1.29 is 23.8 Å². The molecule has 0 aliphatic heterocycles. The maximum atomic E-state index is 12.8. The van der Waals surface area contributed by atoms with Crippen molar-refractivity contribution in [1.82, 2.24) is 10.3 Å². The topological polar surface area (TPSA) is 86.8 Å². The Morgan fingerprint density at radius 3 is 2.03 bits per heavy atom. The number of carbonyl (C=O) groups excluding carboxylic acids is 2. The third-order valence-electron chi connectivity index (χ3n) is 5.40. The zero-order valence-electron chi connectivity index (χ0n) is 18.9. The first kappa shape index (κ1) is 22.8. The molecule has 0 aliphatic rings. The van der Waals surface area contributed by atoms with Crippen LogP contribution < -0.4 is 14.8 Å². The number of ether oxygens (including phenoxy) is 3. The van der Waals surface area contributed by atoms with Gasteiger partial charge in [-0.1, -0.05) is 36.4 Å². The second-order valence-electron chi connectivity index (χ2n) is 7.50. The molecule has 7 heteroatoms. The Bertz CT molecular complexity index is 1230. The summed E-state index contributed by atoms with van der Waals surface area (Å²) in [7, 11) is 3.19. The molecule has 0 spiro atoms. The Morgan fingerprint density at radius 2 is 1.44 bits per heavy atom. The second kappa shape index (κ2) is 10.5. The number of carbonyl (C=O) groups is 2. The third-order valence-corrected chi connectivity index (χ3v) is 5.40. The average molecular weight is 456 g/mol. The first-order chi connectivity index (χ1) is 16.6. The van der Waals surface area contributed by atoms with Crippen LogP contribution in [0.5, 0.6) is 11.5 Å². The van der Waals surface area contributed by atoms with Crippen molar-refractivity contribution in [2.24, 2.45) is 0 Å². The number of hydrogen-bond donors (Lipinski definition) is 1. The van der Waals surface area contributed by atoms with Crippen molar-refractivity contribution in [3.63, 3.8) is 0 Å². The fourth-order valence-electron chi connectivity index (χ4n) is 3.64. The van der Waals surface area contributed by atoms with Crippen molar-refractivity contribution in [2.45, 2.75) is 6.04 Å². The standard InChI is InChI=1S/C27H24N2O5/c1-32-20-12-8-18(9-13-20)26(19-10-14-21(33-2)15-11-19)29-25(30)17-34-27(31)23-5-3-7-24-22(23)6-4-16-28-24/h3-16,26H,17H2,1-2H3,(H,29,30).